The van der Waals surface area contributed by atoms with E-state index in [9.17, 15) is 14.3 Å². The number of phosphoric ester groups is 1. The van der Waals surface area contributed by atoms with Gasteiger partial charge in [-0.05, 0) is 64.2 Å². The smallest absolute Gasteiger partial charge is 0.457 e. The van der Waals surface area contributed by atoms with Crippen molar-refractivity contribution in [3.8, 4) is 0 Å². The number of carbonyl (C=O) groups is 1. The summed E-state index contributed by atoms with van der Waals surface area (Å²) in [4.78, 5) is 22.3. The van der Waals surface area contributed by atoms with Gasteiger partial charge in [0.1, 0.15) is 6.10 Å². The number of rotatable bonds is 38. The molecule has 3 N–H and O–H groups in total. The standard InChI is InChI=1S/C43H76NO7P/c1-3-5-7-9-11-13-14-15-16-17-18-19-20-21-22-23-24-25-26-27-29-31-33-35-38-48-40-42(41-50-52(46,47)49-39-37-44)51-43(45)36-34-32-30-28-12-10-8-6-4-2/h5,7,11,13,15-16,18-19,21-22,24-25,42H,3-4,6,8-10,12,14,17,20,23,26-41,44H2,1-2H3,(H,46,47)/b7-5-,13-11-,16-15-,19-18-,22-21-,25-24-. The Bertz CT molecular complexity index is 1020. The number of unbranched alkanes of at least 4 members (excludes halogenated alkanes) is 13. The Hall–Kier alpha value is -2.06. The van der Waals surface area contributed by atoms with Gasteiger partial charge in [-0.1, -0.05) is 157 Å². The molecule has 0 aromatic rings. The SMILES string of the molecule is CC/C=C\C/C=C\C/C=C\C/C=C\C/C=C\C/C=C\CCCCCCCOCC(COP(=O)(O)OCCN)OC(=O)CCCCCCCCCCC. The van der Waals surface area contributed by atoms with Gasteiger partial charge in [-0.2, -0.15) is 0 Å². The summed E-state index contributed by atoms with van der Waals surface area (Å²) in [5, 5.41) is 0. The van der Waals surface area contributed by atoms with E-state index in [4.69, 9.17) is 24.3 Å². The number of allylic oxidation sites excluding steroid dienone is 12. The topological polar surface area (TPSA) is 117 Å². The van der Waals surface area contributed by atoms with Crippen molar-refractivity contribution in [1.29, 1.82) is 0 Å². The maximum atomic E-state index is 12.5. The van der Waals surface area contributed by atoms with E-state index >= 15 is 0 Å². The van der Waals surface area contributed by atoms with Gasteiger partial charge in [0.05, 0.1) is 19.8 Å². The van der Waals surface area contributed by atoms with Gasteiger partial charge in [0.25, 0.3) is 0 Å². The third-order valence-electron chi connectivity index (χ3n) is 8.14. The second-order valence-corrected chi connectivity index (χ2v) is 14.6. The highest BCUT2D eigenvalue weighted by atomic mass is 31.2. The normalized spacial score (nSPS) is 14.3. The summed E-state index contributed by atoms with van der Waals surface area (Å²) in [6, 6.07) is 0. The van der Waals surface area contributed by atoms with Crippen LogP contribution >= 0.6 is 7.82 Å². The molecule has 0 saturated heterocycles. The Morgan fingerprint density at radius 2 is 1.08 bits per heavy atom. The van der Waals surface area contributed by atoms with Crippen LogP contribution in [-0.4, -0.2) is 49.9 Å². The molecule has 0 rings (SSSR count). The van der Waals surface area contributed by atoms with Crippen molar-refractivity contribution in [2.75, 3.05) is 33.0 Å². The predicted molar refractivity (Wildman–Crippen MR) is 219 cm³/mol. The van der Waals surface area contributed by atoms with Gasteiger partial charge >= 0.3 is 13.8 Å². The fraction of sp³-hybridized carbons (Fsp3) is 0.698. The fourth-order valence-electron chi connectivity index (χ4n) is 5.17. The summed E-state index contributed by atoms with van der Waals surface area (Å²) in [5.41, 5.74) is 5.35. The fourth-order valence-corrected chi connectivity index (χ4v) is 5.94. The van der Waals surface area contributed by atoms with Crippen molar-refractivity contribution in [2.45, 2.75) is 161 Å². The molecule has 0 spiro atoms. The van der Waals surface area contributed by atoms with E-state index in [2.05, 4.69) is 86.8 Å². The van der Waals surface area contributed by atoms with Crippen LogP contribution in [-0.2, 0) is 27.9 Å². The third kappa shape index (κ3) is 39.2. The van der Waals surface area contributed by atoms with Crippen LogP contribution in [0.5, 0.6) is 0 Å². The molecule has 0 heterocycles. The molecule has 0 saturated carbocycles. The molecule has 2 atom stereocenters. The molecule has 2 unspecified atom stereocenters. The molecular weight excluding hydrogens is 673 g/mol. The monoisotopic (exact) mass is 750 g/mol. The molecule has 0 aliphatic carbocycles. The summed E-state index contributed by atoms with van der Waals surface area (Å²) >= 11 is 0. The molecule has 300 valence electrons. The van der Waals surface area contributed by atoms with Crippen molar-refractivity contribution in [1.82, 2.24) is 0 Å². The summed E-state index contributed by atoms with van der Waals surface area (Å²) in [6.07, 6.45) is 49.3. The molecule has 0 amide bonds. The van der Waals surface area contributed by atoms with Gasteiger partial charge in [0.15, 0.2) is 0 Å². The van der Waals surface area contributed by atoms with Crippen LogP contribution in [0.25, 0.3) is 0 Å². The lowest BCUT2D eigenvalue weighted by Crippen LogP contribution is -2.28. The van der Waals surface area contributed by atoms with Crippen LogP contribution in [0.3, 0.4) is 0 Å². The number of carbonyl (C=O) groups excluding carboxylic acids is 1. The number of esters is 1. The van der Waals surface area contributed by atoms with Crippen molar-refractivity contribution in [2.24, 2.45) is 5.73 Å². The largest absolute Gasteiger partial charge is 0.472 e. The minimum absolute atomic E-state index is 0.0939. The quantitative estimate of drug-likeness (QED) is 0.0277. The zero-order chi connectivity index (χ0) is 38.1. The highest BCUT2D eigenvalue weighted by molar-refractivity contribution is 7.47. The Morgan fingerprint density at radius 1 is 0.596 bits per heavy atom. The van der Waals surface area contributed by atoms with Crippen LogP contribution < -0.4 is 5.73 Å². The van der Waals surface area contributed by atoms with E-state index in [1.807, 2.05) is 0 Å². The minimum atomic E-state index is -4.28. The number of hydrogen-bond acceptors (Lipinski definition) is 7. The number of nitrogens with two attached hydrogens (primary N) is 1. The van der Waals surface area contributed by atoms with E-state index < -0.39 is 13.9 Å². The van der Waals surface area contributed by atoms with Crippen LogP contribution in [0.1, 0.15) is 155 Å². The lowest BCUT2D eigenvalue weighted by molar-refractivity contribution is -0.154. The maximum absolute atomic E-state index is 12.5. The molecule has 0 fully saturated rings. The lowest BCUT2D eigenvalue weighted by Gasteiger charge is -2.20. The highest BCUT2D eigenvalue weighted by Crippen LogP contribution is 2.43. The highest BCUT2D eigenvalue weighted by Gasteiger charge is 2.25. The molecule has 0 aromatic heterocycles. The van der Waals surface area contributed by atoms with Crippen LogP contribution in [0, 0.1) is 0 Å². The Morgan fingerprint density at radius 3 is 1.62 bits per heavy atom. The van der Waals surface area contributed by atoms with Crippen molar-refractivity contribution in [3.05, 3.63) is 72.9 Å². The van der Waals surface area contributed by atoms with E-state index in [1.54, 1.807) is 0 Å². The lowest BCUT2D eigenvalue weighted by atomic mass is 10.1. The van der Waals surface area contributed by atoms with Crippen LogP contribution in [0.15, 0.2) is 72.9 Å². The molecular formula is C43H76NO7P. The Labute approximate surface area is 318 Å². The maximum Gasteiger partial charge on any atom is 0.472 e. The molecule has 52 heavy (non-hydrogen) atoms. The molecule has 9 heteroatoms. The summed E-state index contributed by atoms with van der Waals surface area (Å²) < 4.78 is 33.3. The first-order valence-corrected chi connectivity index (χ1v) is 21.9. The van der Waals surface area contributed by atoms with Crippen LogP contribution in [0.4, 0.5) is 0 Å². The third-order valence-corrected chi connectivity index (χ3v) is 9.12. The molecule has 0 bridgehead atoms. The molecule has 8 nitrogen and oxygen atoms in total. The minimum Gasteiger partial charge on any atom is -0.457 e. The van der Waals surface area contributed by atoms with E-state index in [1.165, 1.54) is 51.4 Å². The Kier molecular flexibility index (Phi) is 38.5. The van der Waals surface area contributed by atoms with Crippen molar-refractivity contribution in [3.63, 3.8) is 0 Å². The number of ether oxygens (including phenoxy) is 2. The van der Waals surface area contributed by atoms with Gasteiger partial charge in [-0.3, -0.25) is 13.8 Å². The van der Waals surface area contributed by atoms with Gasteiger partial charge in [0.2, 0.25) is 0 Å². The number of phosphoric acid groups is 1. The molecule has 0 aromatic carbocycles. The van der Waals surface area contributed by atoms with Gasteiger partial charge in [-0.25, -0.2) is 4.57 Å². The Balaban J connectivity index is 4.04. The zero-order valence-electron chi connectivity index (χ0n) is 33.0. The first-order valence-electron chi connectivity index (χ1n) is 20.4. The number of hydrogen-bond donors (Lipinski definition) is 2. The predicted octanol–water partition coefficient (Wildman–Crippen LogP) is 12.0. The average Bonchev–Trinajstić information content (AvgIpc) is 3.13. The van der Waals surface area contributed by atoms with E-state index in [0.717, 1.165) is 83.5 Å². The summed E-state index contributed by atoms with van der Waals surface area (Å²) in [5.74, 6) is -0.345. The van der Waals surface area contributed by atoms with E-state index in [0.29, 0.717) is 13.0 Å². The summed E-state index contributed by atoms with van der Waals surface area (Å²) in [7, 11) is -4.28. The first kappa shape index (κ1) is 49.9. The summed E-state index contributed by atoms with van der Waals surface area (Å²) in [6.45, 7) is 4.71. The zero-order valence-corrected chi connectivity index (χ0v) is 33.9. The van der Waals surface area contributed by atoms with Gasteiger partial charge < -0.3 is 20.1 Å². The second-order valence-electron chi connectivity index (χ2n) is 13.1. The molecule has 0 aliphatic rings. The second kappa shape index (κ2) is 40.1. The van der Waals surface area contributed by atoms with Crippen molar-refractivity contribution < 1.29 is 32.8 Å². The van der Waals surface area contributed by atoms with Gasteiger partial charge in [-0.15, -0.1) is 0 Å². The van der Waals surface area contributed by atoms with E-state index in [-0.39, 0.29) is 32.3 Å². The van der Waals surface area contributed by atoms with Crippen molar-refractivity contribution >= 4 is 13.8 Å². The first-order chi connectivity index (χ1) is 25.4. The van der Waals surface area contributed by atoms with Gasteiger partial charge in [0, 0.05) is 19.6 Å². The molecule has 0 radical (unpaired) electrons. The van der Waals surface area contributed by atoms with Crippen LogP contribution in [0.2, 0.25) is 0 Å². The average molecular weight is 750 g/mol. The molecule has 0 aliphatic heterocycles.